The van der Waals surface area contributed by atoms with E-state index in [9.17, 15) is 14.7 Å². The highest BCUT2D eigenvalue weighted by Gasteiger charge is 2.51. The second-order valence-electron chi connectivity index (χ2n) is 9.26. The fourth-order valence-electron chi connectivity index (χ4n) is 4.82. The van der Waals surface area contributed by atoms with Crippen molar-refractivity contribution in [3.63, 3.8) is 0 Å². The zero-order valence-electron chi connectivity index (χ0n) is 18.2. The average molecular weight is 449 g/mol. The number of carbonyl (C=O) groups is 2. The molecule has 3 amide bonds. The number of nitrogens with one attached hydrogen (secondary N) is 1. The summed E-state index contributed by atoms with van der Waals surface area (Å²) in [5.74, 6) is 0.00325. The van der Waals surface area contributed by atoms with Crippen molar-refractivity contribution in [1.82, 2.24) is 20.0 Å². The number of rotatable bonds is 6. The standard InChI is InChI=1S/C23H33ClN4O3/c1-17-21(30)27(11-2-10-26-12-9-23(7-8-23)20(29)16-26)13-14-28(17)22(31)25-15-18-3-5-19(24)6-4-18/h3-6,17,20,29H,2,7-16H2,1H3,(H,25,31). The summed E-state index contributed by atoms with van der Waals surface area (Å²) in [5, 5.41) is 13.9. The fourth-order valence-corrected chi connectivity index (χ4v) is 4.95. The summed E-state index contributed by atoms with van der Waals surface area (Å²) >= 11 is 5.89. The van der Waals surface area contributed by atoms with E-state index in [-0.39, 0.29) is 23.5 Å². The maximum Gasteiger partial charge on any atom is 0.318 e. The number of β-amino-alcohol motifs (C(OH)–C–C–N with tert-alkyl or cyclic N) is 1. The van der Waals surface area contributed by atoms with Crippen LogP contribution in [0.5, 0.6) is 0 Å². The van der Waals surface area contributed by atoms with Gasteiger partial charge < -0.3 is 25.1 Å². The van der Waals surface area contributed by atoms with Gasteiger partial charge in [0, 0.05) is 37.7 Å². The lowest BCUT2D eigenvalue weighted by Crippen LogP contribution is -2.59. The van der Waals surface area contributed by atoms with Crippen molar-refractivity contribution in [2.75, 3.05) is 39.3 Å². The van der Waals surface area contributed by atoms with Crippen LogP contribution in [0.4, 0.5) is 4.79 Å². The van der Waals surface area contributed by atoms with E-state index in [1.807, 2.05) is 17.0 Å². The lowest BCUT2D eigenvalue weighted by molar-refractivity contribution is -0.139. The SMILES string of the molecule is CC1C(=O)N(CCCN2CCC3(CC3)C(O)C2)CCN1C(=O)NCc1ccc(Cl)cc1. The van der Waals surface area contributed by atoms with Crippen LogP contribution in [0.3, 0.4) is 0 Å². The van der Waals surface area contributed by atoms with Crippen LogP contribution >= 0.6 is 11.6 Å². The lowest BCUT2D eigenvalue weighted by Gasteiger charge is -2.40. The number of piperidine rings is 1. The van der Waals surface area contributed by atoms with Crippen molar-refractivity contribution in [2.24, 2.45) is 5.41 Å². The van der Waals surface area contributed by atoms with Crippen LogP contribution in [-0.4, -0.2) is 83.2 Å². The van der Waals surface area contributed by atoms with Gasteiger partial charge in [0.15, 0.2) is 0 Å². The first-order chi connectivity index (χ1) is 14.9. The maximum atomic E-state index is 12.8. The molecule has 1 aromatic carbocycles. The van der Waals surface area contributed by atoms with Crippen LogP contribution in [-0.2, 0) is 11.3 Å². The molecule has 1 spiro atoms. The number of carbonyl (C=O) groups excluding carboxylic acids is 2. The van der Waals surface area contributed by atoms with E-state index in [4.69, 9.17) is 11.6 Å². The summed E-state index contributed by atoms with van der Waals surface area (Å²) in [7, 11) is 0. The number of aliphatic hydroxyl groups is 1. The summed E-state index contributed by atoms with van der Waals surface area (Å²) in [5.41, 5.74) is 1.19. The molecule has 2 heterocycles. The van der Waals surface area contributed by atoms with Crippen molar-refractivity contribution in [2.45, 2.75) is 51.3 Å². The number of halogens is 1. The molecule has 2 unspecified atom stereocenters. The van der Waals surface area contributed by atoms with E-state index in [1.165, 1.54) is 12.8 Å². The highest BCUT2D eigenvalue weighted by Crippen LogP contribution is 2.53. The monoisotopic (exact) mass is 448 g/mol. The molecule has 3 aliphatic rings. The Bertz CT molecular complexity index is 799. The quantitative estimate of drug-likeness (QED) is 0.700. The van der Waals surface area contributed by atoms with E-state index in [1.54, 1.807) is 24.0 Å². The van der Waals surface area contributed by atoms with Crippen molar-refractivity contribution >= 4 is 23.5 Å². The minimum absolute atomic E-state index is 0.00325. The van der Waals surface area contributed by atoms with Crippen LogP contribution in [0.2, 0.25) is 5.02 Å². The van der Waals surface area contributed by atoms with Gasteiger partial charge in [-0.2, -0.15) is 0 Å². The molecule has 1 aromatic rings. The minimum atomic E-state index is -0.467. The Morgan fingerprint density at radius 1 is 1.16 bits per heavy atom. The number of aliphatic hydroxyl groups excluding tert-OH is 1. The van der Waals surface area contributed by atoms with Gasteiger partial charge in [0.25, 0.3) is 0 Å². The summed E-state index contributed by atoms with van der Waals surface area (Å²) in [6, 6.07) is 6.66. The second kappa shape index (κ2) is 9.35. The third-order valence-electron chi connectivity index (χ3n) is 7.22. The molecule has 31 heavy (non-hydrogen) atoms. The van der Waals surface area contributed by atoms with E-state index < -0.39 is 6.04 Å². The number of amides is 3. The van der Waals surface area contributed by atoms with Gasteiger partial charge in [0.1, 0.15) is 6.04 Å². The molecule has 2 N–H and O–H groups in total. The topological polar surface area (TPSA) is 76.1 Å². The van der Waals surface area contributed by atoms with Crippen LogP contribution in [0.25, 0.3) is 0 Å². The third-order valence-corrected chi connectivity index (χ3v) is 7.48. The molecule has 4 rings (SSSR count). The molecule has 0 radical (unpaired) electrons. The number of hydrogen-bond donors (Lipinski definition) is 2. The fraction of sp³-hybridized carbons (Fsp3) is 0.652. The van der Waals surface area contributed by atoms with Crippen molar-refractivity contribution < 1.29 is 14.7 Å². The molecule has 2 atom stereocenters. The molecule has 1 saturated carbocycles. The first-order valence-corrected chi connectivity index (χ1v) is 11.7. The zero-order chi connectivity index (χ0) is 22.0. The number of piperazine rings is 1. The van der Waals surface area contributed by atoms with Gasteiger partial charge in [-0.1, -0.05) is 23.7 Å². The first-order valence-electron chi connectivity index (χ1n) is 11.4. The number of benzene rings is 1. The van der Waals surface area contributed by atoms with Gasteiger partial charge in [0.2, 0.25) is 5.91 Å². The summed E-state index contributed by atoms with van der Waals surface area (Å²) in [6.07, 6.45) is 4.13. The van der Waals surface area contributed by atoms with Crippen molar-refractivity contribution in [3.8, 4) is 0 Å². The Morgan fingerprint density at radius 2 is 1.90 bits per heavy atom. The average Bonchev–Trinajstić information content (AvgIpc) is 3.54. The summed E-state index contributed by atoms with van der Waals surface area (Å²) < 4.78 is 0. The molecule has 0 bridgehead atoms. The molecular weight excluding hydrogens is 416 g/mol. The predicted octanol–water partition coefficient (Wildman–Crippen LogP) is 2.32. The van der Waals surface area contributed by atoms with Gasteiger partial charge in [0.05, 0.1) is 6.10 Å². The molecular formula is C23H33ClN4O3. The van der Waals surface area contributed by atoms with Gasteiger partial charge in [-0.05, 0) is 68.8 Å². The van der Waals surface area contributed by atoms with Gasteiger partial charge in [-0.3, -0.25) is 4.79 Å². The van der Waals surface area contributed by atoms with Crippen molar-refractivity contribution in [1.29, 1.82) is 0 Å². The summed E-state index contributed by atoms with van der Waals surface area (Å²) in [6.45, 7) is 6.69. The van der Waals surface area contributed by atoms with E-state index in [0.717, 1.165) is 38.0 Å². The van der Waals surface area contributed by atoms with Crippen LogP contribution < -0.4 is 5.32 Å². The van der Waals surface area contributed by atoms with Gasteiger partial charge in [-0.15, -0.1) is 0 Å². The Hall–Kier alpha value is -1.83. The van der Waals surface area contributed by atoms with E-state index in [2.05, 4.69) is 10.2 Å². The molecule has 3 fully saturated rings. The van der Waals surface area contributed by atoms with Crippen LogP contribution in [0, 0.1) is 5.41 Å². The molecule has 7 nitrogen and oxygen atoms in total. The van der Waals surface area contributed by atoms with Gasteiger partial charge >= 0.3 is 6.03 Å². The molecule has 2 aliphatic heterocycles. The highest BCUT2D eigenvalue weighted by atomic mass is 35.5. The number of nitrogens with zero attached hydrogens (tertiary/aromatic N) is 3. The van der Waals surface area contributed by atoms with Crippen LogP contribution in [0.15, 0.2) is 24.3 Å². The third kappa shape index (κ3) is 5.16. The smallest absolute Gasteiger partial charge is 0.318 e. The number of urea groups is 1. The first kappa shape index (κ1) is 22.4. The molecule has 2 saturated heterocycles. The Labute approximate surface area is 189 Å². The lowest BCUT2D eigenvalue weighted by atomic mass is 9.90. The highest BCUT2D eigenvalue weighted by molar-refractivity contribution is 6.30. The van der Waals surface area contributed by atoms with E-state index in [0.29, 0.717) is 31.2 Å². The Kier molecular flexibility index (Phi) is 6.74. The number of hydrogen-bond acceptors (Lipinski definition) is 4. The minimum Gasteiger partial charge on any atom is -0.391 e. The van der Waals surface area contributed by atoms with Gasteiger partial charge in [-0.25, -0.2) is 4.79 Å². The van der Waals surface area contributed by atoms with Crippen molar-refractivity contribution in [3.05, 3.63) is 34.9 Å². The molecule has 170 valence electrons. The Balaban J connectivity index is 1.19. The molecule has 0 aromatic heterocycles. The zero-order valence-corrected chi connectivity index (χ0v) is 19.0. The molecule has 1 aliphatic carbocycles. The predicted molar refractivity (Wildman–Crippen MR) is 120 cm³/mol. The largest absolute Gasteiger partial charge is 0.391 e. The van der Waals surface area contributed by atoms with Crippen LogP contribution in [0.1, 0.15) is 38.2 Å². The maximum absolute atomic E-state index is 12.8. The number of likely N-dealkylation sites (tertiary alicyclic amines) is 1. The second-order valence-corrected chi connectivity index (χ2v) is 9.70. The van der Waals surface area contributed by atoms with E-state index >= 15 is 0 Å². The summed E-state index contributed by atoms with van der Waals surface area (Å²) in [4.78, 5) is 31.2. The normalized spacial score (nSPS) is 25.7. The Morgan fingerprint density at radius 3 is 2.58 bits per heavy atom. The molecule has 8 heteroatoms.